The fourth-order valence-electron chi connectivity index (χ4n) is 1.57. The summed E-state index contributed by atoms with van der Waals surface area (Å²) >= 11 is 3.22. The van der Waals surface area contributed by atoms with Crippen LogP contribution in [0.15, 0.2) is 34.2 Å². The summed E-state index contributed by atoms with van der Waals surface area (Å²) in [5, 5.41) is 0. The molecule has 1 rings (SSSR count). The van der Waals surface area contributed by atoms with Crippen molar-refractivity contribution in [3.05, 3.63) is 34.8 Å². The number of ether oxygens (including phenoxy) is 1. The lowest BCUT2D eigenvalue weighted by Gasteiger charge is -2.16. The highest BCUT2D eigenvalue weighted by Crippen LogP contribution is 2.32. The Hall–Kier alpha value is -0.520. The van der Waals surface area contributed by atoms with Crippen molar-refractivity contribution >= 4 is 35.7 Å². The maximum Gasteiger partial charge on any atom is 0.261 e. The number of rotatable bonds is 6. The lowest BCUT2D eigenvalue weighted by molar-refractivity contribution is 0.354. The number of halogens is 2. The minimum atomic E-state index is -3.73. The summed E-state index contributed by atoms with van der Waals surface area (Å²) in [6.45, 7) is 8.06. The van der Waals surface area contributed by atoms with Gasteiger partial charge in [-0.05, 0) is 36.1 Å². The monoisotopic (exact) mass is 366 g/mol. The van der Waals surface area contributed by atoms with Crippen LogP contribution >= 0.6 is 26.6 Å². The average molecular weight is 368 g/mol. The lowest BCUT2D eigenvalue weighted by Crippen LogP contribution is -2.03. The van der Waals surface area contributed by atoms with Crippen molar-refractivity contribution in [2.75, 3.05) is 6.61 Å². The average Bonchev–Trinajstić information content (AvgIpc) is 2.34. The first kappa shape index (κ1) is 16.5. The molecule has 0 heterocycles. The van der Waals surface area contributed by atoms with Crippen molar-refractivity contribution in [2.24, 2.45) is 0 Å². The van der Waals surface area contributed by atoms with Crippen LogP contribution in [-0.2, 0) is 9.05 Å². The Labute approximate surface area is 127 Å². The molecule has 0 aliphatic carbocycles. The zero-order chi connectivity index (χ0) is 14.6. The minimum Gasteiger partial charge on any atom is -0.488 e. The molecule has 0 spiro atoms. The van der Waals surface area contributed by atoms with Crippen molar-refractivity contribution in [1.29, 1.82) is 0 Å². The Balaban J connectivity index is 3.20. The zero-order valence-corrected chi connectivity index (χ0v) is 14.0. The highest BCUT2D eigenvalue weighted by Gasteiger charge is 2.17. The second-order valence-electron chi connectivity index (χ2n) is 4.25. The van der Waals surface area contributed by atoms with Gasteiger partial charge in [-0.25, -0.2) is 8.42 Å². The van der Waals surface area contributed by atoms with Gasteiger partial charge in [-0.15, -0.1) is 0 Å². The van der Waals surface area contributed by atoms with Crippen LogP contribution < -0.4 is 4.74 Å². The van der Waals surface area contributed by atoms with Crippen LogP contribution in [0.2, 0.25) is 0 Å². The van der Waals surface area contributed by atoms with E-state index in [9.17, 15) is 8.42 Å². The highest BCUT2D eigenvalue weighted by atomic mass is 79.9. The van der Waals surface area contributed by atoms with Gasteiger partial charge >= 0.3 is 0 Å². The van der Waals surface area contributed by atoms with Crippen LogP contribution in [0.3, 0.4) is 0 Å². The molecule has 0 radical (unpaired) electrons. The van der Waals surface area contributed by atoms with Crippen molar-refractivity contribution in [3.8, 4) is 5.75 Å². The summed E-state index contributed by atoms with van der Waals surface area (Å²) < 4.78 is 29.1. The van der Waals surface area contributed by atoms with Crippen LogP contribution in [0.5, 0.6) is 5.75 Å². The summed E-state index contributed by atoms with van der Waals surface area (Å²) in [6.07, 6.45) is 0.872. The summed E-state index contributed by atoms with van der Waals surface area (Å²) in [6, 6.07) is 4.65. The van der Waals surface area contributed by atoms with Gasteiger partial charge in [0.1, 0.15) is 12.4 Å². The molecular weight excluding hydrogens is 352 g/mol. The summed E-state index contributed by atoms with van der Waals surface area (Å²) in [4.78, 5) is 0.0921. The molecule has 0 aromatic heterocycles. The fraction of sp³-hybridized carbons (Fsp3) is 0.385. The summed E-state index contributed by atoms with van der Waals surface area (Å²) in [7, 11) is 1.64. The number of hydrogen-bond acceptors (Lipinski definition) is 3. The van der Waals surface area contributed by atoms with Gasteiger partial charge in [-0.3, -0.25) is 0 Å². The van der Waals surface area contributed by atoms with Gasteiger partial charge in [0.2, 0.25) is 0 Å². The van der Waals surface area contributed by atoms with Gasteiger partial charge in [0.05, 0.1) is 4.90 Å². The molecule has 1 unspecified atom stereocenters. The van der Waals surface area contributed by atoms with Gasteiger partial charge in [0.25, 0.3) is 9.05 Å². The van der Waals surface area contributed by atoms with Crippen LogP contribution in [0.4, 0.5) is 0 Å². The smallest absolute Gasteiger partial charge is 0.261 e. The predicted molar refractivity (Wildman–Crippen MR) is 81.7 cm³/mol. The minimum absolute atomic E-state index is 0.0921. The molecular formula is C13H16BrClO3S. The van der Waals surface area contributed by atoms with E-state index >= 15 is 0 Å². The maximum atomic E-state index is 11.4. The normalized spacial score (nSPS) is 13.1. The third-order valence-electron chi connectivity index (χ3n) is 2.79. The lowest BCUT2D eigenvalue weighted by atomic mass is 9.98. The Bertz CT molecular complexity index is 569. The molecule has 0 amide bonds. The highest BCUT2D eigenvalue weighted by molar-refractivity contribution is 9.11. The molecule has 0 N–H and O–H groups in total. The molecule has 0 aliphatic rings. The molecule has 3 nitrogen and oxygen atoms in total. The molecule has 106 valence electrons. The quantitative estimate of drug-likeness (QED) is 0.699. The van der Waals surface area contributed by atoms with E-state index in [0.29, 0.717) is 12.4 Å². The van der Waals surface area contributed by atoms with E-state index in [1.165, 1.54) is 6.07 Å². The van der Waals surface area contributed by atoms with Gasteiger partial charge in [0.15, 0.2) is 0 Å². The molecule has 1 aromatic carbocycles. The van der Waals surface area contributed by atoms with Crippen LogP contribution in [0.25, 0.3) is 0 Å². The van der Waals surface area contributed by atoms with E-state index in [-0.39, 0.29) is 10.8 Å². The largest absolute Gasteiger partial charge is 0.488 e. The van der Waals surface area contributed by atoms with Gasteiger partial charge in [-0.1, -0.05) is 36.4 Å². The van der Waals surface area contributed by atoms with Crippen molar-refractivity contribution < 1.29 is 13.2 Å². The molecule has 0 bridgehead atoms. The predicted octanol–water partition coefficient (Wildman–Crippen LogP) is 4.42. The molecule has 6 heteroatoms. The maximum absolute atomic E-state index is 11.4. The Morgan fingerprint density at radius 3 is 2.63 bits per heavy atom. The molecule has 0 aliphatic heterocycles. The van der Waals surface area contributed by atoms with Gasteiger partial charge < -0.3 is 4.74 Å². The molecule has 1 atom stereocenters. The zero-order valence-electron chi connectivity index (χ0n) is 10.8. The van der Waals surface area contributed by atoms with Gasteiger partial charge in [-0.2, -0.15) is 0 Å². The third kappa shape index (κ3) is 4.82. The second kappa shape index (κ2) is 6.77. The molecule has 0 saturated heterocycles. The Kier molecular flexibility index (Phi) is 5.89. The van der Waals surface area contributed by atoms with Crippen LogP contribution in [-0.4, -0.2) is 15.0 Å². The van der Waals surface area contributed by atoms with E-state index in [2.05, 4.69) is 22.5 Å². The van der Waals surface area contributed by atoms with E-state index in [1.54, 1.807) is 12.1 Å². The van der Waals surface area contributed by atoms with Gasteiger partial charge in [0, 0.05) is 15.2 Å². The summed E-state index contributed by atoms with van der Waals surface area (Å²) in [5.74, 6) is 0.830. The molecule has 0 fully saturated rings. The van der Waals surface area contributed by atoms with Crippen molar-refractivity contribution in [3.63, 3.8) is 0 Å². The van der Waals surface area contributed by atoms with E-state index in [4.69, 9.17) is 15.4 Å². The summed E-state index contributed by atoms with van der Waals surface area (Å²) in [5.41, 5.74) is 0.831. The van der Waals surface area contributed by atoms with E-state index in [1.807, 2.05) is 13.8 Å². The standard InChI is InChI=1S/C13H16BrClO3S/c1-4-9(2)12-7-11(19(15,16)17)5-6-13(12)18-8-10(3)14/h5-7,9H,3-4,8H2,1-2H3. The van der Waals surface area contributed by atoms with E-state index in [0.717, 1.165) is 16.5 Å². The number of hydrogen-bond donors (Lipinski definition) is 0. The van der Waals surface area contributed by atoms with Crippen LogP contribution in [0, 0.1) is 0 Å². The first-order valence-corrected chi connectivity index (χ1v) is 8.90. The van der Waals surface area contributed by atoms with Crippen molar-refractivity contribution in [1.82, 2.24) is 0 Å². The SMILES string of the molecule is C=C(Br)COc1ccc(S(=O)(=O)Cl)cc1C(C)CC. The Morgan fingerprint density at radius 2 is 2.16 bits per heavy atom. The van der Waals surface area contributed by atoms with Crippen molar-refractivity contribution in [2.45, 2.75) is 31.1 Å². The molecule has 19 heavy (non-hydrogen) atoms. The molecule has 0 saturated carbocycles. The topological polar surface area (TPSA) is 43.4 Å². The fourth-order valence-corrected chi connectivity index (χ4v) is 2.47. The first-order valence-electron chi connectivity index (χ1n) is 5.80. The Morgan fingerprint density at radius 1 is 1.53 bits per heavy atom. The van der Waals surface area contributed by atoms with E-state index < -0.39 is 9.05 Å². The number of benzene rings is 1. The third-order valence-corrected chi connectivity index (χ3v) is 4.37. The first-order chi connectivity index (χ1) is 8.75. The van der Waals surface area contributed by atoms with Crippen LogP contribution in [0.1, 0.15) is 31.7 Å². The molecule has 1 aromatic rings. The second-order valence-corrected chi connectivity index (χ2v) is 7.94.